The lowest BCUT2D eigenvalue weighted by Gasteiger charge is -2.13. The lowest BCUT2D eigenvalue weighted by molar-refractivity contribution is -0.164. The van der Waals surface area contributed by atoms with Crippen molar-refractivity contribution in [3.63, 3.8) is 0 Å². The summed E-state index contributed by atoms with van der Waals surface area (Å²) in [5.74, 6) is -1.07. The van der Waals surface area contributed by atoms with E-state index in [0.29, 0.717) is 6.42 Å². The molecule has 0 radical (unpaired) electrons. The van der Waals surface area contributed by atoms with Gasteiger partial charge in [-0.2, -0.15) is 11.3 Å². The third-order valence-electron chi connectivity index (χ3n) is 2.67. The van der Waals surface area contributed by atoms with Crippen LogP contribution < -0.4 is 0 Å². The minimum atomic E-state index is -0.523. The van der Waals surface area contributed by atoms with E-state index < -0.39 is 5.97 Å². The fourth-order valence-corrected chi connectivity index (χ4v) is 1.99. The average molecular weight is 270 g/mol. The SMILES string of the molecule is CCC(C)C(=O)OCC(=O)OC(C)c1ccsc1. The molecule has 1 aromatic heterocycles. The maximum atomic E-state index is 11.5. The summed E-state index contributed by atoms with van der Waals surface area (Å²) in [7, 11) is 0. The van der Waals surface area contributed by atoms with Gasteiger partial charge in [0.1, 0.15) is 6.10 Å². The molecule has 0 spiro atoms. The lowest BCUT2D eigenvalue weighted by atomic mass is 10.1. The van der Waals surface area contributed by atoms with Crippen LogP contribution in [-0.4, -0.2) is 18.5 Å². The highest BCUT2D eigenvalue weighted by Gasteiger charge is 2.16. The summed E-state index contributed by atoms with van der Waals surface area (Å²) >= 11 is 1.54. The van der Waals surface area contributed by atoms with Crippen LogP contribution in [0.25, 0.3) is 0 Å². The predicted molar refractivity (Wildman–Crippen MR) is 69.2 cm³/mol. The van der Waals surface area contributed by atoms with Crippen molar-refractivity contribution in [2.45, 2.75) is 33.3 Å². The zero-order valence-corrected chi connectivity index (χ0v) is 11.7. The molecule has 1 heterocycles. The minimum absolute atomic E-state index is 0.188. The van der Waals surface area contributed by atoms with E-state index in [9.17, 15) is 9.59 Å². The molecule has 100 valence electrons. The first-order valence-corrected chi connectivity index (χ1v) is 6.87. The van der Waals surface area contributed by atoms with E-state index >= 15 is 0 Å². The predicted octanol–water partition coefficient (Wildman–Crippen LogP) is 2.94. The van der Waals surface area contributed by atoms with Gasteiger partial charge in [-0.15, -0.1) is 0 Å². The molecule has 4 nitrogen and oxygen atoms in total. The van der Waals surface area contributed by atoms with Gasteiger partial charge in [0, 0.05) is 5.56 Å². The number of esters is 2. The maximum Gasteiger partial charge on any atom is 0.344 e. The van der Waals surface area contributed by atoms with Gasteiger partial charge >= 0.3 is 11.9 Å². The Bertz CT molecular complexity index is 386. The van der Waals surface area contributed by atoms with Crippen LogP contribution in [0.4, 0.5) is 0 Å². The molecule has 0 aliphatic carbocycles. The molecule has 0 saturated carbocycles. The molecule has 0 aromatic carbocycles. The first-order valence-electron chi connectivity index (χ1n) is 5.92. The fraction of sp³-hybridized carbons (Fsp3) is 0.538. The second kappa shape index (κ2) is 7.16. The van der Waals surface area contributed by atoms with Gasteiger partial charge < -0.3 is 9.47 Å². The van der Waals surface area contributed by atoms with E-state index in [4.69, 9.17) is 9.47 Å². The highest BCUT2D eigenvalue weighted by Crippen LogP contribution is 2.19. The second-order valence-electron chi connectivity index (χ2n) is 4.11. The van der Waals surface area contributed by atoms with Gasteiger partial charge in [-0.05, 0) is 30.2 Å². The van der Waals surface area contributed by atoms with Gasteiger partial charge in [0.25, 0.3) is 0 Å². The van der Waals surface area contributed by atoms with E-state index in [1.54, 1.807) is 25.2 Å². The molecule has 0 N–H and O–H groups in total. The highest BCUT2D eigenvalue weighted by molar-refractivity contribution is 7.07. The van der Waals surface area contributed by atoms with Crippen LogP contribution in [0.15, 0.2) is 16.8 Å². The molecular formula is C13H18O4S. The summed E-state index contributed by atoms with van der Waals surface area (Å²) in [4.78, 5) is 22.8. The Hall–Kier alpha value is -1.36. The Balaban J connectivity index is 2.32. The van der Waals surface area contributed by atoms with E-state index in [-0.39, 0.29) is 24.6 Å². The smallest absolute Gasteiger partial charge is 0.344 e. The number of hydrogen-bond donors (Lipinski definition) is 0. The van der Waals surface area contributed by atoms with Gasteiger partial charge in [0.05, 0.1) is 5.92 Å². The molecule has 0 aliphatic rings. The van der Waals surface area contributed by atoms with Crippen molar-refractivity contribution in [1.29, 1.82) is 0 Å². The molecular weight excluding hydrogens is 252 g/mol. The number of carbonyl (C=O) groups excluding carboxylic acids is 2. The standard InChI is InChI=1S/C13H18O4S/c1-4-9(2)13(15)16-7-12(14)17-10(3)11-5-6-18-8-11/h5-6,8-10H,4,7H2,1-3H3. The normalized spacial score (nSPS) is 13.7. The van der Waals surface area contributed by atoms with Crippen LogP contribution in [0.2, 0.25) is 0 Å². The number of hydrogen-bond acceptors (Lipinski definition) is 5. The van der Waals surface area contributed by atoms with E-state index in [2.05, 4.69) is 0 Å². The Labute approximate surface area is 111 Å². The van der Waals surface area contributed by atoms with Gasteiger partial charge in [-0.25, -0.2) is 4.79 Å². The van der Waals surface area contributed by atoms with E-state index in [1.807, 2.05) is 23.8 Å². The van der Waals surface area contributed by atoms with Gasteiger partial charge in [-0.3, -0.25) is 4.79 Å². The topological polar surface area (TPSA) is 52.6 Å². The largest absolute Gasteiger partial charge is 0.455 e. The molecule has 1 rings (SSSR count). The van der Waals surface area contributed by atoms with Crippen LogP contribution in [0.5, 0.6) is 0 Å². The molecule has 0 saturated heterocycles. The van der Waals surface area contributed by atoms with Crippen LogP contribution in [-0.2, 0) is 19.1 Å². The monoisotopic (exact) mass is 270 g/mol. The molecule has 5 heteroatoms. The second-order valence-corrected chi connectivity index (χ2v) is 4.89. The lowest BCUT2D eigenvalue weighted by Crippen LogP contribution is -2.21. The third-order valence-corrected chi connectivity index (χ3v) is 3.37. The molecule has 2 unspecified atom stereocenters. The van der Waals surface area contributed by atoms with Crippen molar-refractivity contribution >= 4 is 23.3 Å². The third kappa shape index (κ3) is 4.49. The number of thiophene rings is 1. The Morgan fingerprint density at radius 2 is 2.11 bits per heavy atom. The van der Waals surface area contributed by atoms with Crippen molar-refractivity contribution in [3.05, 3.63) is 22.4 Å². The van der Waals surface area contributed by atoms with Crippen LogP contribution in [0.3, 0.4) is 0 Å². The first-order chi connectivity index (χ1) is 8.54. The van der Waals surface area contributed by atoms with Gasteiger partial charge in [0.2, 0.25) is 0 Å². The van der Waals surface area contributed by atoms with Crippen LogP contribution in [0, 0.1) is 5.92 Å². The highest BCUT2D eigenvalue weighted by atomic mass is 32.1. The molecule has 0 bridgehead atoms. The van der Waals surface area contributed by atoms with Crippen molar-refractivity contribution in [3.8, 4) is 0 Å². The summed E-state index contributed by atoms with van der Waals surface area (Å²) < 4.78 is 10.0. The van der Waals surface area contributed by atoms with Crippen molar-refractivity contribution in [2.75, 3.05) is 6.61 Å². The van der Waals surface area contributed by atoms with E-state index in [0.717, 1.165) is 5.56 Å². The molecule has 2 atom stereocenters. The Kier molecular flexibility index (Phi) is 5.85. The first kappa shape index (κ1) is 14.7. The number of carbonyl (C=O) groups is 2. The van der Waals surface area contributed by atoms with Gasteiger partial charge in [-0.1, -0.05) is 13.8 Å². The number of ether oxygens (including phenoxy) is 2. The van der Waals surface area contributed by atoms with Crippen molar-refractivity contribution in [1.82, 2.24) is 0 Å². The molecule has 0 fully saturated rings. The summed E-state index contributed by atoms with van der Waals surface area (Å²) in [6.45, 7) is 5.12. The quantitative estimate of drug-likeness (QED) is 0.746. The molecule has 0 amide bonds. The maximum absolute atomic E-state index is 11.5. The Morgan fingerprint density at radius 1 is 1.39 bits per heavy atom. The van der Waals surface area contributed by atoms with Gasteiger partial charge in [0.15, 0.2) is 6.61 Å². The summed E-state index contributed by atoms with van der Waals surface area (Å²) in [6, 6.07) is 1.90. The Morgan fingerprint density at radius 3 is 2.67 bits per heavy atom. The summed E-state index contributed by atoms with van der Waals surface area (Å²) in [6.07, 6.45) is 0.380. The van der Waals surface area contributed by atoms with Crippen LogP contribution >= 0.6 is 11.3 Å². The number of rotatable bonds is 6. The molecule has 0 aliphatic heterocycles. The van der Waals surface area contributed by atoms with E-state index in [1.165, 1.54) is 0 Å². The van der Waals surface area contributed by atoms with Crippen molar-refractivity contribution < 1.29 is 19.1 Å². The van der Waals surface area contributed by atoms with Crippen LogP contribution in [0.1, 0.15) is 38.9 Å². The zero-order valence-electron chi connectivity index (χ0n) is 10.8. The minimum Gasteiger partial charge on any atom is -0.455 e. The molecule has 1 aromatic rings. The van der Waals surface area contributed by atoms with Crippen molar-refractivity contribution in [2.24, 2.45) is 5.92 Å². The summed E-state index contributed by atoms with van der Waals surface area (Å²) in [5, 5.41) is 3.84. The fourth-order valence-electron chi connectivity index (χ4n) is 1.24. The zero-order chi connectivity index (χ0) is 13.5. The molecule has 18 heavy (non-hydrogen) atoms. The summed E-state index contributed by atoms with van der Waals surface area (Å²) in [5.41, 5.74) is 0.946. The average Bonchev–Trinajstić information content (AvgIpc) is 2.88.